The Morgan fingerprint density at radius 1 is 1.04 bits per heavy atom. The number of nitrogens with zero attached hydrogens (tertiary/aromatic N) is 3. The number of esters is 1. The first kappa shape index (κ1) is 43.6. The monoisotopic (exact) mass is 760 g/mol. The van der Waals surface area contributed by atoms with Crippen LogP contribution in [0.25, 0.3) is 0 Å². The molecule has 4 rings (SSSR count). The molecule has 13 atom stereocenters. The predicted molar refractivity (Wildman–Crippen MR) is 202 cm³/mol. The van der Waals surface area contributed by atoms with Crippen LogP contribution < -0.4 is 5.32 Å². The summed E-state index contributed by atoms with van der Waals surface area (Å²) in [6.45, 7) is 14.9. The Hall–Kier alpha value is -3.17. The van der Waals surface area contributed by atoms with Crippen LogP contribution in [0.4, 0.5) is 10.6 Å². The van der Waals surface area contributed by atoms with Crippen LogP contribution in [-0.2, 0) is 38.1 Å². The van der Waals surface area contributed by atoms with Crippen molar-refractivity contribution >= 4 is 29.4 Å². The lowest BCUT2D eigenvalue weighted by Crippen LogP contribution is -2.60. The van der Waals surface area contributed by atoms with Gasteiger partial charge in [-0.2, -0.15) is 0 Å². The molecule has 3 saturated heterocycles. The third-order valence-electron chi connectivity index (χ3n) is 12.0. The summed E-state index contributed by atoms with van der Waals surface area (Å²) in [5.74, 6) is -4.14. The summed E-state index contributed by atoms with van der Waals surface area (Å²) in [5.41, 5.74) is -2.64. The van der Waals surface area contributed by atoms with Gasteiger partial charge in [-0.3, -0.25) is 14.4 Å². The number of nitrogens with one attached hydrogen (secondary N) is 1. The highest BCUT2D eigenvalue weighted by Crippen LogP contribution is 2.43. The van der Waals surface area contributed by atoms with Crippen molar-refractivity contribution in [2.75, 3.05) is 39.6 Å². The largest absolute Gasteiger partial charge is 0.458 e. The number of cyclic esters (lactones) is 1. The van der Waals surface area contributed by atoms with E-state index in [4.69, 9.17) is 23.7 Å². The molecule has 14 heteroatoms. The lowest BCUT2D eigenvalue weighted by atomic mass is 9.73. The molecule has 3 fully saturated rings. The maximum Gasteiger partial charge on any atom is 0.410 e. The molecule has 3 aliphatic heterocycles. The second-order valence-corrected chi connectivity index (χ2v) is 16.2. The normalized spacial score (nSPS) is 38.5. The molecule has 0 bridgehead atoms. The maximum atomic E-state index is 14.6. The average Bonchev–Trinajstić information content (AvgIpc) is 3.40. The highest BCUT2D eigenvalue weighted by atomic mass is 16.7. The van der Waals surface area contributed by atoms with Crippen molar-refractivity contribution in [1.29, 1.82) is 0 Å². The van der Waals surface area contributed by atoms with Crippen LogP contribution >= 0.6 is 0 Å². The van der Waals surface area contributed by atoms with Gasteiger partial charge in [-0.05, 0) is 86.0 Å². The number of aliphatic hydroxyl groups excluding tert-OH is 1. The van der Waals surface area contributed by atoms with Gasteiger partial charge in [0.15, 0.2) is 17.7 Å². The van der Waals surface area contributed by atoms with E-state index in [1.54, 1.807) is 38.8 Å². The van der Waals surface area contributed by atoms with Crippen molar-refractivity contribution in [2.24, 2.45) is 23.7 Å². The first-order valence-corrected chi connectivity index (χ1v) is 19.5. The van der Waals surface area contributed by atoms with E-state index in [1.165, 1.54) is 14.0 Å². The molecule has 0 radical (unpaired) electrons. The van der Waals surface area contributed by atoms with Gasteiger partial charge in [0.1, 0.15) is 29.7 Å². The lowest BCUT2D eigenvalue weighted by molar-refractivity contribution is -0.295. The van der Waals surface area contributed by atoms with Gasteiger partial charge in [-0.25, -0.2) is 9.78 Å². The molecule has 3 aliphatic rings. The molecular weight excluding hydrogens is 696 g/mol. The number of aliphatic hydroxyl groups is 1. The van der Waals surface area contributed by atoms with E-state index in [-0.39, 0.29) is 30.8 Å². The standard InChI is InChI=1S/C40H64N4O10/c1-12-29-40(8)34(44(38(49)54-40)20-16-15-19-42-30-17-13-14-18-41-30)25(4)31(45)23(2)22-39(7,50-11)35(26(5)32(46)27(6)36(48)52-29)53-37-33(47)28(43(9)10)21-24(3)51-37/h13-14,17-18,23-29,33-35,37,47H,12,15-16,19-22H2,1-11H3,(H,41,42)/t23-,24-,25+,26-,27-,28+,29-,33-,34+,35-,37?,39-,40-/m1/s1. The van der Waals surface area contributed by atoms with Gasteiger partial charge in [0.25, 0.3) is 0 Å². The summed E-state index contributed by atoms with van der Waals surface area (Å²) in [7, 11) is 5.24. The molecule has 0 saturated carbocycles. The molecule has 14 nitrogen and oxygen atoms in total. The van der Waals surface area contributed by atoms with Crippen LogP contribution in [0.5, 0.6) is 0 Å². The van der Waals surface area contributed by atoms with E-state index in [1.807, 2.05) is 58.0 Å². The molecule has 304 valence electrons. The van der Waals surface area contributed by atoms with Gasteiger partial charge in [-0.15, -0.1) is 0 Å². The minimum Gasteiger partial charge on any atom is -0.458 e. The third-order valence-corrected chi connectivity index (χ3v) is 12.0. The number of ether oxygens (including phenoxy) is 5. The van der Waals surface area contributed by atoms with E-state index in [0.717, 1.165) is 5.82 Å². The number of methoxy groups -OCH3 is 1. The molecule has 1 aromatic rings. The maximum absolute atomic E-state index is 14.6. The van der Waals surface area contributed by atoms with Crippen LogP contribution in [-0.4, -0.2) is 132 Å². The number of aromatic nitrogens is 1. The first-order valence-electron chi connectivity index (χ1n) is 19.5. The fourth-order valence-electron chi connectivity index (χ4n) is 8.80. The zero-order chi connectivity index (χ0) is 40.1. The number of hydrogen-bond donors (Lipinski definition) is 2. The van der Waals surface area contributed by atoms with Crippen molar-refractivity contribution in [3.05, 3.63) is 24.4 Å². The summed E-state index contributed by atoms with van der Waals surface area (Å²) in [4.78, 5) is 64.2. The number of ketones is 2. The van der Waals surface area contributed by atoms with Crippen LogP contribution in [0, 0.1) is 23.7 Å². The summed E-state index contributed by atoms with van der Waals surface area (Å²) in [5, 5.41) is 14.7. The smallest absolute Gasteiger partial charge is 0.410 e. The number of carbonyl (C=O) groups excluding carboxylic acids is 4. The molecular formula is C40H64N4O10. The van der Waals surface area contributed by atoms with Crippen LogP contribution in [0.15, 0.2) is 24.4 Å². The number of amides is 1. The van der Waals surface area contributed by atoms with Gasteiger partial charge in [0.05, 0.1) is 23.9 Å². The SMILES string of the molecule is CC[C@H]1OC(=O)[C@H](C)C(=O)[C@@H](C)[C@@H](OC2O[C@H](C)C[C@H](N(C)C)[C@H]2O)[C@](C)(OC)C[C@@H](C)C(=O)[C@H](C)[C@@H]2N(CCCCNc3ccccn3)C(=O)O[C@@]21C. The first-order chi connectivity index (χ1) is 25.4. The van der Waals surface area contributed by atoms with Gasteiger partial charge in [0, 0.05) is 50.2 Å². The number of rotatable bonds is 11. The van der Waals surface area contributed by atoms with Crippen molar-refractivity contribution in [3.63, 3.8) is 0 Å². The van der Waals surface area contributed by atoms with E-state index < -0.39 is 83.4 Å². The van der Waals surface area contributed by atoms with Crippen molar-refractivity contribution in [2.45, 2.75) is 141 Å². The Balaban J connectivity index is 1.68. The molecule has 0 spiro atoms. The highest BCUT2D eigenvalue weighted by molar-refractivity contribution is 6.00. The lowest BCUT2D eigenvalue weighted by Gasteiger charge is -2.47. The predicted octanol–water partition coefficient (Wildman–Crippen LogP) is 4.48. The van der Waals surface area contributed by atoms with Gasteiger partial charge < -0.3 is 43.9 Å². The van der Waals surface area contributed by atoms with E-state index in [0.29, 0.717) is 32.4 Å². The third kappa shape index (κ3) is 9.26. The molecule has 1 unspecified atom stereocenters. The molecule has 2 N–H and O–H groups in total. The molecule has 0 aliphatic carbocycles. The topological polar surface area (TPSA) is 166 Å². The summed E-state index contributed by atoms with van der Waals surface area (Å²) in [6, 6.07) is 4.58. The summed E-state index contributed by atoms with van der Waals surface area (Å²) >= 11 is 0. The van der Waals surface area contributed by atoms with E-state index in [2.05, 4.69) is 10.3 Å². The second kappa shape index (κ2) is 18.2. The zero-order valence-electron chi connectivity index (χ0n) is 34.1. The number of likely N-dealkylation sites (N-methyl/N-ethyl adjacent to an activating group) is 1. The average molecular weight is 761 g/mol. The van der Waals surface area contributed by atoms with E-state index in [9.17, 15) is 24.3 Å². The van der Waals surface area contributed by atoms with Crippen molar-refractivity contribution < 1.29 is 48.0 Å². The Morgan fingerprint density at radius 2 is 1.74 bits per heavy atom. The minimum atomic E-state index is -1.38. The Bertz CT molecular complexity index is 1450. The highest BCUT2D eigenvalue weighted by Gasteiger charge is 2.60. The van der Waals surface area contributed by atoms with Gasteiger partial charge in [0.2, 0.25) is 0 Å². The Morgan fingerprint density at radius 3 is 2.35 bits per heavy atom. The van der Waals surface area contributed by atoms with Crippen LogP contribution in [0.3, 0.4) is 0 Å². The van der Waals surface area contributed by atoms with Crippen LogP contribution in [0.1, 0.15) is 87.5 Å². The summed E-state index contributed by atoms with van der Waals surface area (Å²) in [6.07, 6.45) is -0.953. The van der Waals surface area contributed by atoms with Crippen molar-refractivity contribution in [3.8, 4) is 0 Å². The number of hydrogen-bond acceptors (Lipinski definition) is 13. The van der Waals surface area contributed by atoms with Crippen molar-refractivity contribution in [1.82, 2.24) is 14.8 Å². The Labute approximate surface area is 320 Å². The number of anilines is 1. The molecule has 1 aromatic heterocycles. The summed E-state index contributed by atoms with van der Waals surface area (Å²) < 4.78 is 31.1. The molecule has 0 aromatic carbocycles. The number of unbranched alkanes of at least 4 members (excludes halogenated alkanes) is 1. The fraction of sp³-hybridized carbons (Fsp3) is 0.775. The molecule has 54 heavy (non-hydrogen) atoms. The Kier molecular flexibility index (Phi) is 14.7. The zero-order valence-corrected chi connectivity index (χ0v) is 34.1. The quantitative estimate of drug-likeness (QED) is 0.185. The minimum absolute atomic E-state index is 0.137. The molecule has 1 amide bonds. The number of fused-ring (bicyclic) bond motifs is 1. The number of pyridine rings is 1. The molecule has 4 heterocycles. The second-order valence-electron chi connectivity index (χ2n) is 16.2. The fourth-order valence-corrected chi connectivity index (χ4v) is 8.80. The van der Waals surface area contributed by atoms with Gasteiger partial charge >= 0.3 is 12.1 Å². The number of Topliss-reactive ketones (excluding diaryl/α,β-unsaturated/α-hetero) is 2. The number of carbonyl (C=O) groups is 4. The van der Waals surface area contributed by atoms with Crippen LogP contribution in [0.2, 0.25) is 0 Å². The van der Waals surface area contributed by atoms with Gasteiger partial charge in [-0.1, -0.05) is 33.8 Å². The van der Waals surface area contributed by atoms with E-state index >= 15 is 0 Å².